The molecule has 2 amide bonds. The van der Waals surface area contributed by atoms with Gasteiger partial charge in [-0.1, -0.05) is 12.1 Å². The smallest absolute Gasteiger partial charge is 0.248 e. The second kappa shape index (κ2) is 8.96. The summed E-state index contributed by atoms with van der Waals surface area (Å²) in [6.45, 7) is 2.39. The number of thiazole rings is 1. The SMILES string of the molecule is Cc1nc(COc2ccc(/C=C/C(=O)Nc3ccc(C(N)=O)cc3)cc2)cs1. The molecule has 0 radical (unpaired) electrons. The third kappa shape index (κ3) is 5.52. The van der Waals surface area contributed by atoms with Crippen LogP contribution >= 0.6 is 11.3 Å². The molecule has 1 aromatic heterocycles. The van der Waals surface area contributed by atoms with E-state index in [1.54, 1.807) is 41.7 Å². The van der Waals surface area contributed by atoms with E-state index < -0.39 is 5.91 Å². The minimum atomic E-state index is -0.508. The zero-order valence-corrected chi connectivity index (χ0v) is 16.0. The monoisotopic (exact) mass is 393 g/mol. The Morgan fingerprint density at radius 1 is 1.14 bits per heavy atom. The van der Waals surface area contributed by atoms with E-state index in [2.05, 4.69) is 10.3 Å². The second-order valence-corrected chi connectivity index (χ2v) is 7.04. The van der Waals surface area contributed by atoms with Gasteiger partial charge in [-0.15, -0.1) is 11.3 Å². The predicted molar refractivity (Wildman–Crippen MR) is 110 cm³/mol. The number of nitrogens with zero attached hydrogens (tertiary/aromatic N) is 1. The number of hydrogen-bond donors (Lipinski definition) is 2. The first-order valence-electron chi connectivity index (χ1n) is 8.52. The molecule has 0 saturated heterocycles. The maximum Gasteiger partial charge on any atom is 0.248 e. The lowest BCUT2D eigenvalue weighted by molar-refractivity contribution is -0.111. The number of carbonyl (C=O) groups excluding carboxylic acids is 2. The molecule has 3 aromatic rings. The predicted octanol–water partition coefficient (Wildman–Crippen LogP) is 3.78. The number of primary amides is 1. The van der Waals surface area contributed by atoms with Gasteiger partial charge >= 0.3 is 0 Å². The van der Waals surface area contributed by atoms with E-state index in [1.165, 1.54) is 6.08 Å². The number of amides is 2. The number of nitrogens with one attached hydrogen (secondary N) is 1. The molecule has 3 rings (SSSR count). The highest BCUT2D eigenvalue weighted by Gasteiger charge is 2.02. The quantitative estimate of drug-likeness (QED) is 0.597. The Balaban J connectivity index is 1.51. The fraction of sp³-hybridized carbons (Fsp3) is 0.0952. The Hall–Kier alpha value is -3.45. The van der Waals surface area contributed by atoms with Gasteiger partial charge in [0, 0.05) is 22.7 Å². The molecular weight excluding hydrogens is 374 g/mol. The molecule has 142 valence electrons. The van der Waals surface area contributed by atoms with Gasteiger partial charge in [-0.2, -0.15) is 0 Å². The standard InChI is InChI=1S/C21H19N3O3S/c1-14-23-18(13-28-14)12-27-19-9-2-15(3-10-19)4-11-20(25)24-17-7-5-16(6-8-17)21(22)26/h2-11,13H,12H2,1H3,(H2,22,26)(H,24,25)/b11-4+. The average Bonchev–Trinajstić information content (AvgIpc) is 3.11. The summed E-state index contributed by atoms with van der Waals surface area (Å²) in [7, 11) is 0. The topological polar surface area (TPSA) is 94.3 Å². The highest BCUT2D eigenvalue weighted by molar-refractivity contribution is 7.09. The maximum absolute atomic E-state index is 12.0. The zero-order chi connectivity index (χ0) is 19.9. The number of benzene rings is 2. The fourth-order valence-electron chi connectivity index (χ4n) is 2.38. The number of carbonyl (C=O) groups is 2. The summed E-state index contributed by atoms with van der Waals surface area (Å²) in [6, 6.07) is 13.8. The number of aryl methyl sites for hydroxylation is 1. The molecule has 1 heterocycles. The number of nitrogens with two attached hydrogens (primary N) is 1. The molecule has 0 fully saturated rings. The van der Waals surface area contributed by atoms with Crippen molar-refractivity contribution in [3.05, 3.63) is 81.8 Å². The van der Waals surface area contributed by atoms with Crippen LogP contribution in [0.4, 0.5) is 5.69 Å². The van der Waals surface area contributed by atoms with Crippen LogP contribution in [0.1, 0.15) is 26.6 Å². The lowest BCUT2D eigenvalue weighted by Crippen LogP contribution is -2.11. The molecule has 6 nitrogen and oxygen atoms in total. The van der Waals surface area contributed by atoms with Crippen LogP contribution in [0.25, 0.3) is 6.08 Å². The molecule has 0 unspecified atom stereocenters. The number of ether oxygens (including phenoxy) is 1. The molecule has 0 aliphatic carbocycles. The normalized spacial score (nSPS) is 10.8. The van der Waals surface area contributed by atoms with E-state index >= 15 is 0 Å². The van der Waals surface area contributed by atoms with Gasteiger partial charge in [0.05, 0.1) is 10.7 Å². The van der Waals surface area contributed by atoms with Crippen LogP contribution in [-0.2, 0) is 11.4 Å². The molecule has 0 bridgehead atoms. The third-order valence-corrected chi connectivity index (χ3v) is 4.62. The molecule has 28 heavy (non-hydrogen) atoms. The summed E-state index contributed by atoms with van der Waals surface area (Å²) in [5.74, 6) is -0.0419. The van der Waals surface area contributed by atoms with E-state index in [0.29, 0.717) is 17.9 Å². The van der Waals surface area contributed by atoms with Crippen molar-refractivity contribution >= 4 is 34.9 Å². The molecule has 3 N–H and O–H groups in total. The van der Waals surface area contributed by atoms with Crippen molar-refractivity contribution in [1.82, 2.24) is 4.98 Å². The van der Waals surface area contributed by atoms with Crippen molar-refractivity contribution in [1.29, 1.82) is 0 Å². The summed E-state index contributed by atoms with van der Waals surface area (Å²) in [6.07, 6.45) is 3.15. The van der Waals surface area contributed by atoms with Crippen LogP contribution in [0.3, 0.4) is 0 Å². The highest BCUT2D eigenvalue weighted by Crippen LogP contribution is 2.16. The van der Waals surface area contributed by atoms with Gasteiger partial charge in [0.15, 0.2) is 0 Å². The molecule has 0 spiro atoms. The first-order chi connectivity index (χ1) is 13.5. The van der Waals surface area contributed by atoms with Gasteiger partial charge in [0.1, 0.15) is 12.4 Å². The highest BCUT2D eigenvalue weighted by atomic mass is 32.1. The van der Waals surface area contributed by atoms with Crippen LogP contribution in [0.2, 0.25) is 0 Å². The minimum absolute atomic E-state index is 0.272. The molecule has 0 saturated carbocycles. The fourth-order valence-corrected chi connectivity index (χ4v) is 2.98. The Morgan fingerprint density at radius 3 is 2.46 bits per heavy atom. The van der Waals surface area contributed by atoms with E-state index in [-0.39, 0.29) is 5.91 Å². The lowest BCUT2D eigenvalue weighted by atomic mass is 10.2. The summed E-state index contributed by atoms with van der Waals surface area (Å²) in [5, 5.41) is 5.72. The van der Waals surface area contributed by atoms with Gasteiger partial charge < -0.3 is 15.8 Å². The van der Waals surface area contributed by atoms with Crippen molar-refractivity contribution in [3.63, 3.8) is 0 Å². The Morgan fingerprint density at radius 2 is 1.86 bits per heavy atom. The molecule has 0 aliphatic heterocycles. The Bertz CT molecular complexity index is 992. The first-order valence-corrected chi connectivity index (χ1v) is 9.40. The van der Waals surface area contributed by atoms with Crippen molar-refractivity contribution in [3.8, 4) is 5.75 Å². The maximum atomic E-state index is 12.0. The first kappa shape index (κ1) is 19.3. The molecule has 7 heteroatoms. The van der Waals surface area contributed by atoms with Crippen LogP contribution in [0, 0.1) is 6.92 Å². The third-order valence-electron chi connectivity index (χ3n) is 3.80. The number of hydrogen-bond acceptors (Lipinski definition) is 5. The van der Waals surface area contributed by atoms with Gasteiger partial charge in [-0.25, -0.2) is 4.98 Å². The van der Waals surface area contributed by atoms with E-state index in [1.807, 2.05) is 36.6 Å². The summed E-state index contributed by atoms with van der Waals surface area (Å²) in [4.78, 5) is 27.4. The largest absolute Gasteiger partial charge is 0.487 e. The molecule has 2 aromatic carbocycles. The van der Waals surface area contributed by atoms with Gasteiger partial charge in [-0.05, 0) is 55.0 Å². The van der Waals surface area contributed by atoms with Crippen molar-refractivity contribution in [2.45, 2.75) is 13.5 Å². The van der Waals surface area contributed by atoms with Crippen LogP contribution < -0.4 is 15.8 Å². The van der Waals surface area contributed by atoms with Crippen molar-refractivity contribution in [2.24, 2.45) is 5.73 Å². The Labute approximate surface area is 166 Å². The molecule has 0 aliphatic rings. The zero-order valence-electron chi connectivity index (χ0n) is 15.2. The van der Waals surface area contributed by atoms with Gasteiger partial charge in [0.25, 0.3) is 0 Å². The van der Waals surface area contributed by atoms with Gasteiger partial charge in [-0.3, -0.25) is 9.59 Å². The number of aromatic nitrogens is 1. The number of rotatable bonds is 7. The minimum Gasteiger partial charge on any atom is -0.487 e. The molecule has 0 atom stereocenters. The van der Waals surface area contributed by atoms with Crippen molar-refractivity contribution in [2.75, 3.05) is 5.32 Å². The average molecular weight is 393 g/mol. The van der Waals surface area contributed by atoms with E-state index in [9.17, 15) is 9.59 Å². The Kier molecular flexibility index (Phi) is 6.18. The van der Waals surface area contributed by atoms with Crippen molar-refractivity contribution < 1.29 is 14.3 Å². The van der Waals surface area contributed by atoms with E-state index in [0.717, 1.165) is 22.0 Å². The summed E-state index contributed by atoms with van der Waals surface area (Å²) >= 11 is 1.59. The van der Waals surface area contributed by atoms with Crippen LogP contribution in [0.15, 0.2) is 60.0 Å². The second-order valence-electron chi connectivity index (χ2n) is 5.98. The summed E-state index contributed by atoms with van der Waals surface area (Å²) < 4.78 is 5.70. The van der Waals surface area contributed by atoms with Gasteiger partial charge in [0.2, 0.25) is 11.8 Å². The van der Waals surface area contributed by atoms with Crippen LogP contribution in [-0.4, -0.2) is 16.8 Å². The number of anilines is 1. The summed E-state index contributed by atoms with van der Waals surface area (Å²) in [5.41, 5.74) is 7.94. The van der Waals surface area contributed by atoms with E-state index in [4.69, 9.17) is 10.5 Å². The molecular formula is C21H19N3O3S. The lowest BCUT2D eigenvalue weighted by Gasteiger charge is -2.05. The van der Waals surface area contributed by atoms with Crippen LogP contribution in [0.5, 0.6) is 5.75 Å².